The van der Waals surface area contributed by atoms with Gasteiger partial charge in [0.05, 0.1) is 0 Å². The van der Waals surface area contributed by atoms with Crippen LogP contribution in [0.1, 0.15) is 52.7 Å². The summed E-state index contributed by atoms with van der Waals surface area (Å²) in [6.07, 6.45) is 0. The Labute approximate surface area is 137 Å². The highest BCUT2D eigenvalue weighted by Crippen LogP contribution is 2.43. The highest BCUT2D eigenvalue weighted by atomic mass is 31.2. The van der Waals surface area contributed by atoms with Crippen LogP contribution in [-0.4, -0.2) is 32.6 Å². The van der Waals surface area contributed by atoms with Crippen LogP contribution < -0.4 is 4.52 Å². The first kappa shape index (κ1) is 22.9. The molecule has 1 rings (SSSR count). The molecular weight excluding hydrogens is 306 g/mol. The largest absolute Gasteiger partial charge is 0.524 e. The Kier molecular flexibility index (Phi) is 7.96. The smallest absolute Gasteiger partial charge is 0.412 e. The average molecular weight is 334 g/mol. The molecule has 1 aromatic rings. The average Bonchev–Trinajstić information content (AvgIpc) is 2.11. The van der Waals surface area contributed by atoms with Crippen molar-refractivity contribution < 1.29 is 24.4 Å². The van der Waals surface area contributed by atoms with Crippen molar-refractivity contribution in [2.75, 3.05) is 0 Å². The predicted molar refractivity (Wildman–Crippen MR) is 90.1 cm³/mol. The quantitative estimate of drug-likeness (QED) is 0.636. The Morgan fingerprint density at radius 1 is 1.00 bits per heavy atom. The number of phosphoric ester groups is 1. The summed E-state index contributed by atoms with van der Waals surface area (Å²) in [7, 11) is -4.54. The highest BCUT2D eigenvalue weighted by molar-refractivity contribution is 7.46. The number of hydrogen-bond acceptors (Lipinski definition) is 2. The molecule has 0 bridgehead atoms. The Hall–Kier alpha value is -0.338. The predicted octanol–water partition coefficient (Wildman–Crippen LogP) is 1.74. The van der Waals surface area contributed by atoms with E-state index in [2.05, 4.69) is 20.8 Å². The second-order valence-electron chi connectivity index (χ2n) is 6.79. The second-order valence-corrected chi connectivity index (χ2v) is 7.96. The standard InChI is InChI=1S/C14H23O4P.Al.H2O.3H/c1-13(2,3)10-7-8-12(18-19(15,16)17)11(9-10)14(4,5)6;;;;;/h7-9H,1-6H3,(H2,15,16,17);;1H2;;;. The molecule has 7 heteroatoms. The van der Waals surface area contributed by atoms with Crippen LogP contribution in [0.15, 0.2) is 18.2 Å². The fourth-order valence-corrected chi connectivity index (χ4v) is 2.21. The number of hydrogen-bond donors (Lipinski definition) is 2. The van der Waals surface area contributed by atoms with Gasteiger partial charge in [0.15, 0.2) is 17.4 Å². The third kappa shape index (κ3) is 6.97. The minimum atomic E-state index is -4.54. The lowest BCUT2D eigenvalue weighted by Crippen LogP contribution is -2.17. The molecule has 0 saturated carbocycles. The van der Waals surface area contributed by atoms with Gasteiger partial charge in [-0.25, -0.2) is 4.57 Å². The molecule has 0 fully saturated rings. The van der Waals surface area contributed by atoms with Gasteiger partial charge in [0.25, 0.3) is 0 Å². The summed E-state index contributed by atoms with van der Waals surface area (Å²) in [5.74, 6) is 0.244. The van der Waals surface area contributed by atoms with Crippen LogP contribution in [0.25, 0.3) is 0 Å². The fraction of sp³-hybridized carbons (Fsp3) is 0.571. The molecule has 0 saturated heterocycles. The van der Waals surface area contributed by atoms with Crippen molar-refractivity contribution in [1.29, 1.82) is 0 Å². The number of rotatable bonds is 2. The Morgan fingerprint density at radius 3 is 1.81 bits per heavy atom. The SMILES string of the molecule is CC(C)(C)c1ccc(OP(=O)(O)O)c(C(C)(C)C)c1.O.[AlH3]. The van der Waals surface area contributed by atoms with Gasteiger partial charge in [0.1, 0.15) is 5.75 Å². The molecule has 0 unspecified atom stereocenters. The summed E-state index contributed by atoms with van der Waals surface area (Å²) in [6.45, 7) is 12.2. The highest BCUT2D eigenvalue weighted by Gasteiger charge is 2.26. The fourth-order valence-electron chi connectivity index (χ4n) is 1.79. The zero-order valence-electron chi connectivity index (χ0n) is 12.9. The number of phosphoric acid groups is 1. The van der Waals surface area contributed by atoms with Gasteiger partial charge in [-0.3, -0.25) is 9.79 Å². The first-order chi connectivity index (χ1) is 8.31. The van der Waals surface area contributed by atoms with Crippen LogP contribution in [0.3, 0.4) is 0 Å². The van der Waals surface area contributed by atoms with Gasteiger partial charge in [-0.2, -0.15) is 0 Å². The first-order valence-electron chi connectivity index (χ1n) is 6.21. The van der Waals surface area contributed by atoms with Crippen molar-refractivity contribution in [2.24, 2.45) is 0 Å². The molecule has 0 aliphatic rings. The van der Waals surface area contributed by atoms with Crippen molar-refractivity contribution in [1.82, 2.24) is 0 Å². The first-order valence-corrected chi connectivity index (χ1v) is 7.74. The monoisotopic (exact) mass is 334 g/mol. The lowest BCUT2D eigenvalue weighted by atomic mass is 9.80. The third-order valence-corrected chi connectivity index (χ3v) is 3.31. The molecular formula is C14H28AlO5P. The van der Waals surface area contributed by atoms with E-state index in [1.807, 2.05) is 32.9 Å². The molecule has 1 aromatic carbocycles. The summed E-state index contributed by atoms with van der Waals surface area (Å²) in [4.78, 5) is 18.0. The summed E-state index contributed by atoms with van der Waals surface area (Å²) < 4.78 is 15.8. The van der Waals surface area contributed by atoms with Gasteiger partial charge in [-0.05, 0) is 22.5 Å². The molecule has 0 heterocycles. The van der Waals surface area contributed by atoms with Crippen molar-refractivity contribution in [3.63, 3.8) is 0 Å². The zero-order chi connectivity index (χ0) is 15.1. The second kappa shape index (κ2) is 7.28. The van der Waals surface area contributed by atoms with Crippen LogP contribution in [0.4, 0.5) is 0 Å². The minimum absolute atomic E-state index is 0. The van der Waals surface area contributed by atoms with E-state index in [1.54, 1.807) is 6.07 Å². The third-order valence-electron chi connectivity index (χ3n) is 2.87. The molecule has 0 atom stereocenters. The molecule has 5 nitrogen and oxygen atoms in total. The van der Waals surface area contributed by atoms with Crippen molar-refractivity contribution in [2.45, 2.75) is 52.4 Å². The van der Waals surface area contributed by atoms with E-state index in [0.29, 0.717) is 0 Å². The van der Waals surface area contributed by atoms with Crippen LogP contribution >= 0.6 is 7.82 Å². The van der Waals surface area contributed by atoms with Crippen molar-refractivity contribution >= 4 is 25.2 Å². The molecule has 0 spiro atoms. The summed E-state index contributed by atoms with van der Waals surface area (Å²) in [5, 5.41) is 0. The molecule has 4 N–H and O–H groups in total. The molecule has 122 valence electrons. The van der Waals surface area contributed by atoms with Crippen LogP contribution in [-0.2, 0) is 15.4 Å². The topological polar surface area (TPSA) is 98.3 Å². The van der Waals surface area contributed by atoms with E-state index in [9.17, 15) is 4.57 Å². The van der Waals surface area contributed by atoms with Crippen LogP contribution in [0.2, 0.25) is 0 Å². The maximum Gasteiger partial charge on any atom is 0.524 e. The summed E-state index contributed by atoms with van der Waals surface area (Å²) >= 11 is 0. The molecule has 0 aromatic heterocycles. The van der Waals surface area contributed by atoms with E-state index in [4.69, 9.17) is 14.3 Å². The van der Waals surface area contributed by atoms with Crippen LogP contribution in [0, 0.1) is 0 Å². The van der Waals surface area contributed by atoms with E-state index in [-0.39, 0.29) is 39.4 Å². The molecule has 21 heavy (non-hydrogen) atoms. The van der Waals surface area contributed by atoms with Crippen LogP contribution in [0.5, 0.6) is 5.75 Å². The van der Waals surface area contributed by atoms with E-state index < -0.39 is 7.82 Å². The summed E-state index contributed by atoms with van der Waals surface area (Å²) in [5.41, 5.74) is 1.62. The minimum Gasteiger partial charge on any atom is -0.412 e. The normalized spacial score (nSPS) is 12.2. The van der Waals surface area contributed by atoms with Gasteiger partial charge < -0.3 is 10.00 Å². The van der Waals surface area contributed by atoms with Gasteiger partial charge in [0, 0.05) is 5.56 Å². The summed E-state index contributed by atoms with van der Waals surface area (Å²) in [6, 6.07) is 5.45. The lowest BCUT2D eigenvalue weighted by molar-refractivity contribution is 0.281. The van der Waals surface area contributed by atoms with E-state index >= 15 is 0 Å². The van der Waals surface area contributed by atoms with Gasteiger partial charge >= 0.3 is 7.82 Å². The molecule has 0 aliphatic carbocycles. The van der Waals surface area contributed by atoms with Gasteiger partial charge in [-0.15, -0.1) is 0 Å². The maximum absolute atomic E-state index is 11.0. The molecule has 0 radical (unpaired) electrons. The lowest BCUT2D eigenvalue weighted by Gasteiger charge is -2.27. The number of benzene rings is 1. The Morgan fingerprint density at radius 2 is 1.48 bits per heavy atom. The van der Waals surface area contributed by atoms with E-state index in [1.165, 1.54) is 0 Å². The van der Waals surface area contributed by atoms with E-state index in [0.717, 1.165) is 11.1 Å². The maximum atomic E-state index is 11.0. The van der Waals surface area contributed by atoms with Gasteiger partial charge in [-0.1, -0.05) is 53.7 Å². The molecule has 0 aliphatic heterocycles. The van der Waals surface area contributed by atoms with Crippen molar-refractivity contribution in [3.05, 3.63) is 29.3 Å². The van der Waals surface area contributed by atoms with Gasteiger partial charge in [0.2, 0.25) is 0 Å². The Bertz CT molecular complexity index is 511. The van der Waals surface area contributed by atoms with Crippen molar-refractivity contribution in [3.8, 4) is 5.75 Å². The zero-order valence-corrected chi connectivity index (χ0v) is 13.8. The molecule has 0 amide bonds. The Balaban J connectivity index is 0.